The molecule has 0 radical (unpaired) electrons. The molecule has 0 aromatic carbocycles. The normalized spacial score (nSPS) is 20.3. The molecule has 1 aliphatic rings. The zero-order chi connectivity index (χ0) is 9.19. The molecule has 0 aromatic rings. The van der Waals surface area contributed by atoms with Crippen LogP contribution in [0.2, 0.25) is 7.35 Å². The van der Waals surface area contributed by atoms with Crippen LogP contribution in [-0.4, -0.2) is 0 Å². The van der Waals surface area contributed by atoms with Gasteiger partial charge in [0, 0.05) is 0 Å². The zero-order valence-corrected chi connectivity index (χ0v) is 12.5. The summed E-state index contributed by atoms with van der Waals surface area (Å²) >= 11 is -2.98. The molecule has 68 valence electrons. The van der Waals surface area contributed by atoms with Gasteiger partial charge in [0.1, 0.15) is 0 Å². The molecule has 0 aliphatic heterocycles. The van der Waals surface area contributed by atoms with E-state index in [2.05, 4.69) is 26.0 Å². The SMILES string of the molecule is CC[CH](C)[Hf]([Cl])([Cl])[CH]1C=CC=C1. The van der Waals surface area contributed by atoms with Gasteiger partial charge in [0.2, 0.25) is 0 Å². The Morgan fingerprint density at radius 2 is 1.83 bits per heavy atom. The summed E-state index contributed by atoms with van der Waals surface area (Å²) in [6.45, 7) is 4.34. The fraction of sp³-hybridized carbons (Fsp3) is 0.556. The monoisotopic (exact) mass is 372 g/mol. The third-order valence-corrected chi connectivity index (χ3v) is 23.4. The van der Waals surface area contributed by atoms with Crippen LogP contribution in [0.4, 0.5) is 0 Å². The van der Waals surface area contributed by atoms with Gasteiger partial charge < -0.3 is 0 Å². The summed E-state index contributed by atoms with van der Waals surface area (Å²) in [5.41, 5.74) is 0. The van der Waals surface area contributed by atoms with Crippen LogP contribution in [-0.2, 0) is 17.6 Å². The fourth-order valence-electron chi connectivity index (χ4n) is 1.29. The van der Waals surface area contributed by atoms with E-state index in [1.54, 1.807) is 0 Å². The Morgan fingerprint density at radius 3 is 2.25 bits per heavy atom. The van der Waals surface area contributed by atoms with Gasteiger partial charge in [0.05, 0.1) is 0 Å². The maximum absolute atomic E-state index is 6.48. The van der Waals surface area contributed by atoms with Gasteiger partial charge in [-0.05, 0) is 0 Å². The van der Waals surface area contributed by atoms with E-state index in [0.717, 1.165) is 6.42 Å². The van der Waals surface area contributed by atoms with Gasteiger partial charge in [-0.15, -0.1) is 0 Å². The van der Waals surface area contributed by atoms with E-state index in [1.165, 1.54) is 0 Å². The standard InChI is InChI=1S/C5H5.C4H9.2ClH.Hf/c1-2-4-5-3-1;1-3-4-2;;;/h1-5H;3H,4H2,1-2H3;2*1H;/q;;;;+2/p-2. The number of allylic oxidation sites excluding steroid dienone is 4. The minimum absolute atomic E-state index is 0.399. The molecular weight excluding hydrogens is 357 g/mol. The van der Waals surface area contributed by atoms with Crippen LogP contribution in [0.1, 0.15) is 20.3 Å². The van der Waals surface area contributed by atoms with Gasteiger partial charge in [-0.3, -0.25) is 0 Å². The van der Waals surface area contributed by atoms with E-state index in [-0.39, 0.29) is 0 Å². The predicted molar refractivity (Wildman–Crippen MR) is 53.5 cm³/mol. The number of hydrogen-bond acceptors (Lipinski definition) is 0. The van der Waals surface area contributed by atoms with Crippen LogP contribution in [0.5, 0.6) is 0 Å². The maximum atomic E-state index is 6.48. The molecule has 12 heavy (non-hydrogen) atoms. The third kappa shape index (κ3) is 2.24. The first-order valence-electron chi connectivity index (χ1n) is 4.31. The summed E-state index contributed by atoms with van der Waals surface area (Å²) in [5, 5.41) is 0. The Balaban J connectivity index is 2.70. The van der Waals surface area contributed by atoms with Crippen molar-refractivity contribution in [2.45, 2.75) is 27.6 Å². The van der Waals surface area contributed by atoms with Gasteiger partial charge in [-0.1, -0.05) is 0 Å². The van der Waals surface area contributed by atoms with Crippen molar-refractivity contribution >= 4 is 17.2 Å². The van der Waals surface area contributed by atoms with Crippen molar-refractivity contribution in [2.24, 2.45) is 0 Å². The fourth-order valence-corrected chi connectivity index (χ4v) is 13.2. The Bertz CT molecular complexity index is 197. The summed E-state index contributed by atoms with van der Waals surface area (Å²) in [4.78, 5) is 0. The van der Waals surface area contributed by atoms with E-state index in [0.29, 0.717) is 7.35 Å². The van der Waals surface area contributed by atoms with Gasteiger partial charge in [-0.25, -0.2) is 0 Å². The molecule has 1 aliphatic carbocycles. The molecule has 0 spiro atoms. The first kappa shape index (κ1) is 11.0. The van der Waals surface area contributed by atoms with Crippen LogP contribution in [0, 0.1) is 0 Å². The van der Waals surface area contributed by atoms with Crippen LogP contribution in [0.3, 0.4) is 0 Å². The summed E-state index contributed by atoms with van der Waals surface area (Å²) in [6.07, 6.45) is 9.49. The van der Waals surface area contributed by atoms with E-state index < -0.39 is 17.6 Å². The summed E-state index contributed by atoms with van der Waals surface area (Å²) in [7, 11) is 13.0. The van der Waals surface area contributed by atoms with Crippen molar-refractivity contribution in [3.63, 3.8) is 0 Å². The molecule has 1 unspecified atom stereocenters. The second kappa shape index (κ2) is 4.43. The molecule has 1 rings (SSSR count). The summed E-state index contributed by atoms with van der Waals surface area (Å²) in [6, 6.07) is 0. The second-order valence-electron chi connectivity index (χ2n) is 3.28. The molecule has 0 saturated heterocycles. The quantitative estimate of drug-likeness (QED) is 0.637. The molecule has 0 aromatic heterocycles. The average molecular weight is 372 g/mol. The van der Waals surface area contributed by atoms with Crippen molar-refractivity contribution in [3.05, 3.63) is 24.3 Å². The van der Waals surface area contributed by atoms with Crippen molar-refractivity contribution in [2.75, 3.05) is 0 Å². The third-order valence-electron chi connectivity index (χ3n) is 2.46. The molecule has 0 heterocycles. The first-order chi connectivity index (χ1) is 5.59. The Kier molecular flexibility index (Phi) is 4.07. The second-order valence-corrected chi connectivity index (χ2v) is 25.9. The molecule has 0 N–H and O–H groups in total. The molecular formula is C9H14Cl2Hf. The molecule has 0 fully saturated rings. The van der Waals surface area contributed by atoms with Gasteiger partial charge in [-0.2, -0.15) is 0 Å². The Hall–Kier alpha value is 0.930. The van der Waals surface area contributed by atoms with E-state index in [9.17, 15) is 0 Å². The number of hydrogen-bond donors (Lipinski definition) is 0. The molecule has 3 heteroatoms. The van der Waals surface area contributed by atoms with Gasteiger partial charge >= 0.3 is 86.7 Å². The topological polar surface area (TPSA) is 0 Å². The van der Waals surface area contributed by atoms with Crippen molar-refractivity contribution < 1.29 is 17.6 Å². The van der Waals surface area contributed by atoms with Crippen molar-refractivity contribution in [1.82, 2.24) is 0 Å². The molecule has 0 nitrogen and oxygen atoms in total. The van der Waals surface area contributed by atoms with E-state index in [4.69, 9.17) is 17.2 Å². The van der Waals surface area contributed by atoms with Crippen LogP contribution >= 0.6 is 17.2 Å². The van der Waals surface area contributed by atoms with Gasteiger partial charge in [0.15, 0.2) is 0 Å². The summed E-state index contributed by atoms with van der Waals surface area (Å²) in [5.74, 6) is 0. The van der Waals surface area contributed by atoms with Crippen LogP contribution in [0.15, 0.2) is 24.3 Å². The molecule has 0 saturated carbocycles. The zero-order valence-electron chi connectivity index (χ0n) is 7.43. The molecule has 0 amide bonds. The van der Waals surface area contributed by atoms with Crippen molar-refractivity contribution in [3.8, 4) is 0 Å². The Morgan fingerprint density at radius 1 is 1.33 bits per heavy atom. The predicted octanol–water partition coefficient (Wildman–Crippen LogP) is 4.58. The van der Waals surface area contributed by atoms with E-state index >= 15 is 0 Å². The minimum atomic E-state index is -2.98. The molecule has 1 atom stereocenters. The number of rotatable bonds is 3. The Labute approximate surface area is 86.1 Å². The molecule has 0 bridgehead atoms. The number of halogens is 2. The van der Waals surface area contributed by atoms with Crippen LogP contribution < -0.4 is 0 Å². The average Bonchev–Trinajstić information content (AvgIpc) is 2.55. The van der Waals surface area contributed by atoms with Gasteiger partial charge in [0.25, 0.3) is 0 Å². The van der Waals surface area contributed by atoms with E-state index in [1.807, 2.05) is 12.2 Å². The van der Waals surface area contributed by atoms with Crippen LogP contribution in [0.25, 0.3) is 0 Å². The van der Waals surface area contributed by atoms with Crippen molar-refractivity contribution in [1.29, 1.82) is 0 Å². The first-order valence-corrected chi connectivity index (χ1v) is 17.4. The summed E-state index contributed by atoms with van der Waals surface area (Å²) < 4.78 is 0.939.